The molecule has 1 aliphatic heterocycles. The van der Waals surface area contributed by atoms with Crippen LogP contribution in [0.15, 0.2) is 60.7 Å². The second kappa shape index (κ2) is 10.2. The van der Waals surface area contributed by atoms with Gasteiger partial charge in [-0.15, -0.1) is 0 Å². The number of benzene rings is 3. The topological polar surface area (TPSA) is 103 Å². The van der Waals surface area contributed by atoms with Crippen LogP contribution in [0.3, 0.4) is 0 Å². The number of anilines is 2. The molecule has 0 aliphatic carbocycles. The highest BCUT2D eigenvalue weighted by Gasteiger charge is 2.27. The van der Waals surface area contributed by atoms with Gasteiger partial charge in [-0.3, -0.25) is 9.59 Å². The maximum Gasteiger partial charge on any atom is 0.337 e. The molecule has 0 atom stereocenters. The number of fused-ring (bicyclic) bond motifs is 1. The first-order valence-corrected chi connectivity index (χ1v) is 10.7. The molecular formula is C26H24N2O7. The van der Waals surface area contributed by atoms with E-state index in [1.807, 2.05) is 6.07 Å². The number of nitrogens with zero attached hydrogens (tertiary/aromatic N) is 1. The summed E-state index contributed by atoms with van der Waals surface area (Å²) in [6.07, 6.45) is 0. The van der Waals surface area contributed by atoms with E-state index < -0.39 is 11.9 Å². The summed E-state index contributed by atoms with van der Waals surface area (Å²) < 4.78 is 21.0. The average Bonchev–Trinajstić information content (AvgIpc) is 2.89. The summed E-state index contributed by atoms with van der Waals surface area (Å²) in [5, 5.41) is 2.84. The van der Waals surface area contributed by atoms with Crippen molar-refractivity contribution in [2.24, 2.45) is 0 Å². The van der Waals surface area contributed by atoms with E-state index in [9.17, 15) is 14.4 Å². The molecule has 2 amide bonds. The van der Waals surface area contributed by atoms with Crippen molar-refractivity contribution in [1.29, 1.82) is 0 Å². The molecule has 35 heavy (non-hydrogen) atoms. The highest BCUT2D eigenvalue weighted by molar-refractivity contribution is 6.09. The van der Waals surface area contributed by atoms with Gasteiger partial charge in [0.05, 0.1) is 39.1 Å². The van der Waals surface area contributed by atoms with Crippen molar-refractivity contribution in [3.05, 3.63) is 77.4 Å². The molecule has 0 radical (unpaired) electrons. The third-order valence-electron chi connectivity index (χ3n) is 5.50. The van der Waals surface area contributed by atoms with E-state index in [2.05, 4.69) is 5.32 Å². The Kier molecular flexibility index (Phi) is 6.86. The lowest BCUT2D eigenvalue weighted by atomic mass is 10.1. The third kappa shape index (κ3) is 4.89. The molecule has 0 bridgehead atoms. The Morgan fingerprint density at radius 3 is 2.37 bits per heavy atom. The first-order valence-electron chi connectivity index (χ1n) is 10.7. The summed E-state index contributed by atoms with van der Waals surface area (Å²) in [5.74, 6) is 0.0882. The fourth-order valence-corrected chi connectivity index (χ4v) is 3.82. The Hall–Kier alpha value is -4.53. The summed E-state index contributed by atoms with van der Waals surface area (Å²) in [6.45, 7) is 0.0889. The standard InChI is InChI=1S/C26H24N2O7/c1-32-21-8-5-9-22(33-2)24(21)25(30)27-18-10-11-20-19(13-18)28(23(29)15-35-20)14-16-6-4-7-17(12-16)26(31)34-3/h4-13H,14-15H2,1-3H3,(H,27,30). The number of ether oxygens (including phenoxy) is 4. The van der Waals surface area contributed by atoms with E-state index >= 15 is 0 Å². The van der Waals surface area contributed by atoms with Gasteiger partial charge in [-0.05, 0) is 48.0 Å². The predicted molar refractivity (Wildman–Crippen MR) is 128 cm³/mol. The molecular weight excluding hydrogens is 452 g/mol. The largest absolute Gasteiger partial charge is 0.496 e. The fraction of sp³-hybridized carbons (Fsp3) is 0.192. The molecule has 0 fully saturated rings. The maximum atomic E-state index is 13.1. The van der Waals surface area contributed by atoms with Gasteiger partial charge in [0, 0.05) is 5.69 Å². The van der Waals surface area contributed by atoms with Crippen LogP contribution in [0, 0.1) is 0 Å². The first-order chi connectivity index (χ1) is 16.9. The van der Waals surface area contributed by atoms with Crippen LogP contribution in [0.4, 0.5) is 11.4 Å². The molecule has 180 valence electrons. The first kappa shape index (κ1) is 23.6. The van der Waals surface area contributed by atoms with Crippen molar-refractivity contribution in [3.63, 3.8) is 0 Å². The average molecular weight is 476 g/mol. The van der Waals surface area contributed by atoms with Crippen molar-refractivity contribution < 1.29 is 33.3 Å². The molecule has 3 aromatic carbocycles. The number of carbonyl (C=O) groups excluding carboxylic acids is 3. The molecule has 9 nitrogen and oxygen atoms in total. The Bertz CT molecular complexity index is 1270. The van der Waals surface area contributed by atoms with E-state index in [0.29, 0.717) is 34.2 Å². The lowest BCUT2D eigenvalue weighted by Crippen LogP contribution is -2.38. The van der Waals surface area contributed by atoms with Crippen LogP contribution in [0.2, 0.25) is 0 Å². The minimum atomic E-state index is -0.461. The SMILES string of the molecule is COC(=O)c1cccc(CN2C(=O)COc3ccc(NC(=O)c4c(OC)cccc4OC)cc32)c1. The predicted octanol–water partition coefficient (Wildman–Crippen LogP) is 3.67. The fourth-order valence-electron chi connectivity index (χ4n) is 3.82. The monoisotopic (exact) mass is 476 g/mol. The van der Waals surface area contributed by atoms with Crippen molar-refractivity contribution in [2.75, 3.05) is 38.2 Å². The van der Waals surface area contributed by atoms with Gasteiger partial charge in [-0.2, -0.15) is 0 Å². The van der Waals surface area contributed by atoms with Crippen LogP contribution in [0.5, 0.6) is 17.2 Å². The van der Waals surface area contributed by atoms with E-state index in [1.54, 1.807) is 59.5 Å². The molecule has 1 heterocycles. The van der Waals surface area contributed by atoms with Gasteiger partial charge >= 0.3 is 5.97 Å². The number of nitrogens with one attached hydrogen (secondary N) is 1. The Morgan fingerprint density at radius 1 is 0.971 bits per heavy atom. The van der Waals surface area contributed by atoms with Crippen molar-refractivity contribution in [3.8, 4) is 17.2 Å². The van der Waals surface area contributed by atoms with Crippen LogP contribution in [0.1, 0.15) is 26.3 Å². The number of hydrogen-bond acceptors (Lipinski definition) is 7. The van der Waals surface area contributed by atoms with Gasteiger partial charge in [0.25, 0.3) is 11.8 Å². The van der Waals surface area contributed by atoms with Gasteiger partial charge in [-0.1, -0.05) is 18.2 Å². The maximum absolute atomic E-state index is 13.1. The van der Waals surface area contributed by atoms with Crippen molar-refractivity contribution >= 4 is 29.2 Å². The minimum Gasteiger partial charge on any atom is -0.496 e. The lowest BCUT2D eigenvalue weighted by Gasteiger charge is -2.30. The van der Waals surface area contributed by atoms with Gasteiger partial charge < -0.3 is 29.2 Å². The molecule has 3 aromatic rings. The molecule has 0 spiro atoms. The number of carbonyl (C=O) groups is 3. The number of esters is 1. The molecule has 4 rings (SSSR count). The van der Waals surface area contributed by atoms with Crippen LogP contribution >= 0.6 is 0 Å². The summed E-state index contributed by atoms with van der Waals surface area (Å²) in [7, 11) is 4.26. The Balaban J connectivity index is 1.63. The molecule has 1 N–H and O–H groups in total. The summed E-state index contributed by atoms with van der Waals surface area (Å²) in [4.78, 5) is 39.3. The minimum absolute atomic E-state index is 0.117. The van der Waals surface area contributed by atoms with Crippen molar-refractivity contribution in [2.45, 2.75) is 6.54 Å². The molecule has 0 unspecified atom stereocenters. The lowest BCUT2D eigenvalue weighted by molar-refractivity contribution is -0.121. The van der Waals surface area contributed by atoms with Crippen LogP contribution in [-0.4, -0.2) is 45.7 Å². The number of amides is 2. The third-order valence-corrected chi connectivity index (χ3v) is 5.50. The normalized spacial score (nSPS) is 12.3. The van der Waals surface area contributed by atoms with Gasteiger partial charge in [-0.25, -0.2) is 4.79 Å². The molecule has 0 aromatic heterocycles. The van der Waals surface area contributed by atoms with E-state index in [-0.39, 0.29) is 24.6 Å². The molecule has 0 saturated heterocycles. The summed E-state index contributed by atoms with van der Waals surface area (Å²) in [6, 6.07) is 17.0. The molecule has 9 heteroatoms. The zero-order valence-corrected chi connectivity index (χ0v) is 19.5. The van der Waals surface area contributed by atoms with Gasteiger partial charge in [0.15, 0.2) is 6.61 Å². The highest BCUT2D eigenvalue weighted by Crippen LogP contribution is 2.36. The molecule has 0 saturated carbocycles. The highest BCUT2D eigenvalue weighted by atomic mass is 16.5. The number of methoxy groups -OCH3 is 3. The van der Waals surface area contributed by atoms with Gasteiger partial charge in [0.2, 0.25) is 0 Å². The van der Waals surface area contributed by atoms with E-state index in [1.165, 1.54) is 21.3 Å². The Morgan fingerprint density at radius 2 is 1.69 bits per heavy atom. The van der Waals surface area contributed by atoms with Crippen LogP contribution in [0.25, 0.3) is 0 Å². The summed E-state index contributed by atoms with van der Waals surface area (Å²) in [5.41, 5.74) is 2.32. The Labute approximate surface area is 202 Å². The zero-order valence-electron chi connectivity index (χ0n) is 19.5. The van der Waals surface area contributed by atoms with Gasteiger partial charge in [0.1, 0.15) is 22.8 Å². The second-order valence-corrected chi connectivity index (χ2v) is 7.63. The smallest absolute Gasteiger partial charge is 0.337 e. The van der Waals surface area contributed by atoms with Crippen molar-refractivity contribution in [1.82, 2.24) is 0 Å². The van der Waals surface area contributed by atoms with E-state index in [4.69, 9.17) is 18.9 Å². The quantitative estimate of drug-likeness (QED) is 0.519. The number of hydrogen-bond donors (Lipinski definition) is 1. The number of rotatable bonds is 7. The zero-order chi connectivity index (χ0) is 24.9. The second-order valence-electron chi connectivity index (χ2n) is 7.63. The van der Waals surface area contributed by atoms with Crippen LogP contribution < -0.4 is 24.4 Å². The summed E-state index contributed by atoms with van der Waals surface area (Å²) >= 11 is 0. The van der Waals surface area contributed by atoms with Crippen LogP contribution in [-0.2, 0) is 16.1 Å². The van der Waals surface area contributed by atoms with E-state index in [0.717, 1.165) is 5.56 Å². The molecule has 1 aliphatic rings.